The Kier molecular flexibility index (Phi) is 11.0. The molecule has 0 fully saturated rings. The maximum absolute atomic E-state index is 14.0. The van der Waals surface area contributed by atoms with Gasteiger partial charge in [-0.05, 0) is 74.7 Å². The number of amides is 2. The van der Waals surface area contributed by atoms with Gasteiger partial charge in [0.2, 0.25) is 11.8 Å². The quantitative estimate of drug-likeness (QED) is 0.252. The van der Waals surface area contributed by atoms with Gasteiger partial charge in [-0.3, -0.25) is 13.9 Å². The summed E-state index contributed by atoms with van der Waals surface area (Å²) in [7, 11) is -4.12. The minimum Gasteiger partial charge on any atom is -0.354 e. The summed E-state index contributed by atoms with van der Waals surface area (Å²) in [6.45, 7) is 7.29. The maximum atomic E-state index is 14.0. The molecular weight excluding hydrogens is 569 g/mol. The summed E-state index contributed by atoms with van der Waals surface area (Å²) in [5, 5.41) is 3.64. The van der Waals surface area contributed by atoms with Gasteiger partial charge in [0.05, 0.1) is 10.6 Å². The highest BCUT2D eigenvalue weighted by atomic mass is 35.5. The highest BCUT2D eigenvalue weighted by Gasteiger charge is 2.32. The normalized spacial score (nSPS) is 12.1. The van der Waals surface area contributed by atoms with Gasteiger partial charge in [0.1, 0.15) is 12.6 Å². The third-order valence-electron chi connectivity index (χ3n) is 6.53. The molecule has 0 bridgehead atoms. The summed E-state index contributed by atoms with van der Waals surface area (Å²) in [5.41, 5.74) is 2.67. The van der Waals surface area contributed by atoms with Crippen molar-refractivity contribution in [2.45, 2.75) is 58.0 Å². The number of carbonyl (C=O) groups excluding carboxylic acids is 2. The lowest BCUT2D eigenvalue weighted by Gasteiger charge is -2.32. The monoisotopic (exact) mass is 603 g/mol. The van der Waals surface area contributed by atoms with Gasteiger partial charge >= 0.3 is 0 Å². The lowest BCUT2D eigenvalue weighted by Crippen LogP contribution is -2.51. The molecule has 214 valence electrons. The molecule has 3 aromatic rings. The van der Waals surface area contributed by atoms with Crippen molar-refractivity contribution in [2.75, 3.05) is 17.4 Å². The first kappa shape index (κ1) is 31.5. The van der Waals surface area contributed by atoms with Crippen molar-refractivity contribution in [1.82, 2.24) is 10.2 Å². The van der Waals surface area contributed by atoms with Gasteiger partial charge < -0.3 is 10.2 Å². The second kappa shape index (κ2) is 14.0. The van der Waals surface area contributed by atoms with Crippen LogP contribution >= 0.6 is 23.2 Å². The fraction of sp³-hybridized carbons (Fsp3) is 0.333. The molecule has 0 aliphatic carbocycles. The average Bonchev–Trinajstić information content (AvgIpc) is 2.91. The van der Waals surface area contributed by atoms with Crippen molar-refractivity contribution in [3.63, 3.8) is 0 Å². The summed E-state index contributed by atoms with van der Waals surface area (Å²) < 4.78 is 28.9. The second-order valence-corrected chi connectivity index (χ2v) is 12.4. The fourth-order valence-electron chi connectivity index (χ4n) is 4.10. The number of carbonyl (C=O) groups is 2. The van der Waals surface area contributed by atoms with E-state index in [0.29, 0.717) is 27.8 Å². The summed E-state index contributed by atoms with van der Waals surface area (Å²) >= 11 is 12.5. The van der Waals surface area contributed by atoms with Crippen LogP contribution in [-0.4, -0.2) is 44.3 Å². The standard InChI is InChI=1S/C30H35Cl2N3O4S/c1-5-6-16-33-30(37)23(4)34(19-24-12-13-25(31)18-28(24)32)29(36)20-35(26-9-7-8-22(3)17-26)40(38,39)27-14-10-21(2)11-15-27/h7-15,17-18,23H,5-6,16,19-20H2,1-4H3,(H,33,37). The Morgan fingerprint density at radius 1 is 0.950 bits per heavy atom. The van der Waals surface area contributed by atoms with Gasteiger partial charge in [0.15, 0.2) is 0 Å². The zero-order valence-electron chi connectivity index (χ0n) is 23.2. The maximum Gasteiger partial charge on any atom is 0.264 e. The molecule has 3 rings (SSSR count). The van der Waals surface area contributed by atoms with E-state index >= 15 is 0 Å². The van der Waals surface area contributed by atoms with Crippen molar-refractivity contribution >= 4 is 50.7 Å². The number of halogens is 2. The first-order valence-corrected chi connectivity index (χ1v) is 15.3. The van der Waals surface area contributed by atoms with E-state index in [2.05, 4.69) is 5.32 Å². The van der Waals surface area contributed by atoms with E-state index < -0.39 is 28.5 Å². The van der Waals surface area contributed by atoms with Crippen LogP contribution in [0.5, 0.6) is 0 Å². The largest absolute Gasteiger partial charge is 0.354 e. The molecule has 10 heteroatoms. The van der Waals surface area contributed by atoms with Crippen LogP contribution in [0.3, 0.4) is 0 Å². The van der Waals surface area contributed by atoms with Gasteiger partial charge in [0, 0.05) is 23.1 Å². The molecule has 3 aromatic carbocycles. The Bertz CT molecular complexity index is 1450. The Balaban J connectivity index is 2.02. The molecule has 0 saturated carbocycles. The summed E-state index contributed by atoms with van der Waals surface area (Å²) in [4.78, 5) is 28.4. The summed E-state index contributed by atoms with van der Waals surface area (Å²) in [6.07, 6.45) is 1.70. The number of hydrogen-bond acceptors (Lipinski definition) is 4. The predicted octanol–water partition coefficient (Wildman–Crippen LogP) is 6.14. The zero-order valence-corrected chi connectivity index (χ0v) is 25.5. The first-order valence-electron chi connectivity index (χ1n) is 13.1. The Morgan fingerprint density at radius 3 is 2.27 bits per heavy atom. The molecule has 40 heavy (non-hydrogen) atoms. The molecule has 0 aliphatic heterocycles. The number of aryl methyl sites for hydroxylation is 2. The first-order chi connectivity index (χ1) is 18.9. The van der Waals surface area contributed by atoms with Crippen LogP contribution in [0.25, 0.3) is 0 Å². The van der Waals surface area contributed by atoms with Gasteiger partial charge in [-0.25, -0.2) is 8.42 Å². The minimum absolute atomic E-state index is 0.0105. The van der Waals surface area contributed by atoms with Crippen LogP contribution in [0.2, 0.25) is 10.0 Å². The van der Waals surface area contributed by atoms with E-state index in [1.807, 2.05) is 26.8 Å². The molecule has 1 unspecified atom stereocenters. The molecule has 0 aliphatic rings. The molecule has 1 atom stereocenters. The van der Waals surface area contributed by atoms with E-state index in [4.69, 9.17) is 23.2 Å². The molecule has 2 amide bonds. The fourth-order valence-corrected chi connectivity index (χ4v) is 5.98. The number of benzene rings is 3. The van der Waals surface area contributed by atoms with Crippen LogP contribution in [0.4, 0.5) is 5.69 Å². The van der Waals surface area contributed by atoms with Crippen LogP contribution in [0.1, 0.15) is 43.4 Å². The zero-order chi connectivity index (χ0) is 29.4. The number of nitrogens with one attached hydrogen (secondary N) is 1. The molecule has 0 aromatic heterocycles. The lowest BCUT2D eigenvalue weighted by atomic mass is 10.1. The van der Waals surface area contributed by atoms with Crippen molar-refractivity contribution in [3.05, 3.63) is 93.5 Å². The molecule has 1 N–H and O–H groups in total. The average molecular weight is 605 g/mol. The number of nitrogens with zero attached hydrogens (tertiary/aromatic N) is 2. The summed E-state index contributed by atoms with van der Waals surface area (Å²) in [6, 6.07) is 17.4. The minimum atomic E-state index is -4.12. The Morgan fingerprint density at radius 2 is 1.65 bits per heavy atom. The van der Waals surface area contributed by atoms with Crippen LogP contribution in [-0.2, 0) is 26.2 Å². The molecule has 0 spiro atoms. The molecular formula is C30H35Cl2N3O4S. The number of rotatable bonds is 12. The van der Waals surface area contributed by atoms with Crippen molar-refractivity contribution in [2.24, 2.45) is 0 Å². The third-order valence-corrected chi connectivity index (χ3v) is 8.91. The summed E-state index contributed by atoms with van der Waals surface area (Å²) in [5.74, 6) is -0.892. The van der Waals surface area contributed by atoms with Gasteiger partial charge in [-0.1, -0.05) is 72.4 Å². The van der Waals surface area contributed by atoms with Crippen molar-refractivity contribution in [3.8, 4) is 0 Å². The SMILES string of the molecule is CCCCNC(=O)C(C)N(Cc1ccc(Cl)cc1Cl)C(=O)CN(c1cccc(C)c1)S(=O)(=O)c1ccc(C)cc1. The van der Waals surface area contributed by atoms with Crippen LogP contribution in [0, 0.1) is 13.8 Å². The smallest absolute Gasteiger partial charge is 0.264 e. The lowest BCUT2D eigenvalue weighted by molar-refractivity contribution is -0.139. The second-order valence-electron chi connectivity index (χ2n) is 9.74. The number of sulfonamides is 1. The number of unbranched alkanes of at least 4 members (excludes halogenated alkanes) is 1. The highest BCUT2D eigenvalue weighted by Crippen LogP contribution is 2.27. The molecule has 7 nitrogen and oxygen atoms in total. The van der Waals surface area contributed by atoms with E-state index in [-0.39, 0.29) is 17.3 Å². The molecule has 0 radical (unpaired) electrons. The Hall–Kier alpha value is -3.07. The molecule has 0 heterocycles. The van der Waals surface area contributed by atoms with Gasteiger partial charge in [-0.15, -0.1) is 0 Å². The van der Waals surface area contributed by atoms with Crippen molar-refractivity contribution < 1.29 is 18.0 Å². The third kappa shape index (κ3) is 7.99. The number of anilines is 1. The highest BCUT2D eigenvalue weighted by molar-refractivity contribution is 7.92. The van der Waals surface area contributed by atoms with Crippen LogP contribution in [0.15, 0.2) is 71.6 Å². The van der Waals surface area contributed by atoms with E-state index in [1.54, 1.807) is 55.5 Å². The van der Waals surface area contributed by atoms with E-state index in [1.165, 1.54) is 17.0 Å². The molecule has 0 saturated heterocycles. The van der Waals surface area contributed by atoms with E-state index in [0.717, 1.165) is 28.3 Å². The van der Waals surface area contributed by atoms with Crippen molar-refractivity contribution in [1.29, 1.82) is 0 Å². The topological polar surface area (TPSA) is 86.8 Å². The van der Waals surface area contributed by atoms with Crippen LogP contribution < -0.4 is 9.62 Å². The Labute approximate surface area is 247 Å². The van der Waals surface area contributed by atoms with E-state index in [9.17, 15) is 18.0 Å². The van der Waals surface area contributed by atoms with Gasteiger partial charge in [-0.2, -0.15) is 0 Å². The predicted molar refractivity (Wildman–Crippen MR) is 161 cm³/mol. The van der Waals surface area contributed by atoms with Gasteiger partial charge in [0.25, 0.3) is 10.0 Å². The number of hydrogen-bond donors (Lipinski definition) is 1.